The number of hydrogen-bond acceptors (Lipinski definition) is 3. The Balaban J connectivity index is 2.10. The number of rotatable bonds is 3. The van der Waals surface area contributed by atoms with Crippen LogP contribution < -0.4 is 4.74 Å². The van der Waals surface area contributed by atoms with Crippen LogP contribution in [0.2, 0.25) is 0 Å². The van der Waals surface area contributed by atoms with E-state index in [4.69, 9.17) is 4.74 Å². The van der Waals surface area contributed by atoms with Crippen LogP contribution in [-0.2, 0) is 13.7 Å². The van der Waals surface area contributed by atoms with Crippen molar-refractivity contribution in [3.63, 3.8) is 0 Å². The zero-order valence-corrected chi connectivity index (χ0v) is 9.14. The van der Waals surface area contributed by atoms with Crippen molar-refractivity contribution in [2.45, 2.75) is 13.5 Å². The lowest BCUT2D eigenvalue weighted by molar-refractivity contribution is 0.286. The van der Waals surface area contributed by atoms with Gasteiger partial charge in [-0.1, -0.05) is 6.07 Å². The molecule has 0 saturated carbocycles. The topological polar surface area (TPSA) is 39.9 Å². The summed E-state index contributed by atoms with van der Waals surface area (Å²) in [5.74, 6) is 0.922. The van der Waals surface area contributed by atoms with Crippen molar-refractivity contribution >= 4 is 0 Å². The second-order valence-corrected chi connectivity index (χ2v) is 3.50. The Morgan fingerprint density at radius 3 is 2.94 bits per heavy atom. The van der Waals surface area contributed by atoms with Gasteiger partial charge in [0.15, 0.2) is 5.82 Å². The van der Waals surface area contributed by atoms with E-state index in [9.17, 15) is 4.39 Å². The van der Waals surface area contributed by atoms with Gasteiger partial charge in [-0.25, -0.2) is 9.37 Å². The molecule has 0 fully saturated rings. The Labute approximate surface area is 92.7 Å². The van der Waals surface area contributed by atoms with Crippen LogP contribution in [0.5, 0.6) is 5.75 Å². The van der Waals surface area contributed by atoms with Gasteiger partial charge in [0.25, 0.3) is 0 Å². The van der Waals surface area contributed by atoms with E-state index in [1.807, 2.05) is 6.92 Å². The van der Waals surface area contributed by atoms with Gasteiger partial charge >= 0.3 is 0 Å². The van der Waals surface area contributed by atoms with E-state index in [0.717, 1.165) is 5.56 Å². The van der Waals surface area contributed by atoms with Gasteiger partial charge in [0.1, 0.15) is 24.5 Å². The molecule has 1 aromatic heterocycles. The van der Waals surface area contributed by atoms with E-state index in [1.54, 1.807) is 17.8 Å². The number of aromatic nitrogens is 3. The minimum absolute atomic E-state index is 0.279. The van der Waals surface area contributed by atoms with Crippen molar-refractivity contribution in [2.75, 3.05) is 0 Å². The smallest absolute Gasteiger partial charge is 0.164 e. The van der Waals surface area contributed by atoms with E-state index in [0.29, 0.717) is 11.6 Å². The fourth-order valence-electron chi connectivity index (χ4n) is 1.32. The Bertz CT molecular complexity index is 496. The molecule has 0 N–H and O–H groups in total. The highest BCUT2D eigenvalue weighted by molar-refractivity contribution is 5.32. The molecule has 0 radical (unpaired) electrons. The van der Waals surface area contributed by atoms with Gasteiger partial charge in [-0.2, -0.15) is 5.10 Å². The van der Waals surface area contributed by atoms with Crippen LogP contribution in [0.1, 0.15) is 11.4 Å². The summed E-state index contributed by atoms with van der Waals surface area (Å²) in [5.41, 5.74) is 0.892. The number of halogens is 1. The lowest BCUT2D eigenvalue weighted by Crippen LogP contribution is -2.05. The molecule has 1 aromatic carbocycles. The Kier molecular flexibility index (Phi) is 2.85. The van der Waals surface area contributed by atoms with Gasteiger partial charge in [0.05, 0.1) is 0 Å². The van der Waals surface area contributed by atoms with E-state index >= 15 is 0 Å². The maximum atomic E-state index is 13.0. The Morgan fingerprint density at radius 2 is 2.25 bits per heavy atom. The second kappa shape index (κ2) is 4.30. The van der Waals surface area contributed by atoms with Crippen molar-refractivity contribution in [3.8, 4) is 5.75 Å². The van der Waals surface area contributed by atoms with Crippen LogP contribution in [-0.4, -0.2) is 14.8 Å². The first-order valence-electron chi connectivity index (χ1n) is 4.88. The van der Waals surface area contributed by atoms with Crippen LogP contribution in [0.25, 0.3) is 0 Å². The van der Waals surface area contributed by atoms with E-state index in [1.165, 1.54) is 18.5 Å². The number of nitrogens with zero attached hydrogens (tertiary/aromatic N) is 3. The fraction of sp³-hybridized carbons (Fsp3) is 0.273. The third kappa shape index (κ3) is 2.18. The number of benzene rings is 1. The molecular weight excluding hydrogens is 209 g/mol. The molecule has 0 spiro atoms. The van der Waals surface area contributed by atoms with E-state index in [-0.39, 0.29) is 12.4 Å². The summed E-state index contributed by atoms with van der Waals surface area (Å²) in [4.78, 5) is 4.02. The normalized spacial score (nSPS) is 10.4. The molecule has 0 aliphatic rings. The van der Waals surface area contributed by atoms with Crippen LogP contribution in [0.15, 0.2) is 24.5 Å². The molecule has 0 amide bonds. The predicted molar refractivity (Wildman–Crippen MR) is 56.5 cm³/mol. The van der Waals surface area contributed by atoms with Crippen molar-refractivity contribution < 1.29 is 9.13 Å². The third-order valence-corrected chi connectivity index (χ3v) is 2.31. The maximum Gasteiger partial charge on any atom is 0.164 e. The summed E-state index contributed by atoms with van der Waals surface area (Å²) < 4.78 is 20.1. The molecule has 0 aliphatic carbocycles. The quantitative estimate of drug-likeness (QED) is 0.794. The predicted octanol–water partition coefficient (Wildman–Crippen LogP) is 1.84. The fourth-order valence-corrected chi connectivity index (χ4v) is 1.32. The molecular formula is C11H12FN3O. The van der Waals surface area contributed by atoms with Crippen molar-refractivity contribution in [1.29, 1.82) is 0 Å². The van der Waals surface area contributed by atoms with E-state index < -0.39 is 0 Å². The molecule has 0 aliphatic heterocycles. The van der Waals surface area contributed by atoms with Gasteiger partial charge in [0, 0.05) is 13.1 Å². The van der Waals surface area contributed by atoms with Gasteiger partial charge in [-0.15, -0.1) is 0 Å². The monoisotopic (exact) mass is 221 g/mol. The zero-order chi connectivity index (χ0) is 11.5. The number of ether oxygens (including phenoxy) is 1. The number of hydrogen-bond donors (Lipinski definition) is 0. The first-order chi connectivity index (χ1) is 7.66. The van der Waals surface area contributed by atoms with Crippen LogP contribution in [0.4, 0.5) is 4.39 Å². The molecule has 4 nitrogen and oxygen atoms in total. The molecule has 5 heteroatoms. The highest BCUT2D eigenvalue weighted by Crippen LogP contribution is 2.19. The molecule has 2 aromatic rings. The maximum absolute atomic E-state index is 13.0. The summed E-state index contributed by atoms with van der Waals surface area (Å²) in [6.45, 7) is 2.15. The van der Waals surface area contributed by atoms with Gasteiger partial charge < -0.3 is 4.74 Å². The molecule has 1 heterocycles. The van der Waals surface area contributed by atoms with E-state index in [2.05, 4.69) is 10.1 Å². The van der Waals surface area contributed by atoms with Crippen molar-refractivity contribution in [2.24, 2.45) is 7.05 Å². The van der Waals surface area contributed by atoms with Crippen LogP contribution in [0.3, 0.4) is 0 Å². The first kappa shape index (κ1) is 10.6. The summed E-state index contributed by atoms with van der Waals surface area (Å²) in [7, 11) is 1.78. The average molecular weight is 221 g/mol. The summed E-state index contributed by atoms with van der Waals surface area (Å²) >= 11 is 0. The van der Waals surface area contributed by atoms with Crippen molar-refractivity contribution in [1.82, 2.24) is 14.8 Å². The molecule has 84 valence electrons. The van der Waals surface area contributed by atoms with Crippen LogP contribution >= 0.6 is 0 Å². The first-order valence-corrected chi connectivity index (χ1v) is 4.88. The molecule has 0 unspecified atom stereocenters. The third-order valence-electron chi connectivity index (χ3n) is 2.31. The van der Waals surface area contributed by atoms with Gasteiger partial charge in [-0.3, -0.25) is 4.68 Å². The van der Waals surface area contributed by atoms with Gasteiger partial charge in [0.2, 0.25) is 0 Å². The Hall–Kier alpha value is -1.91. The van der Waals surface area contributed by atoms with Crippen molar-refractivity contribution in [3.05, 3.63) is 41.7 Å². The minimum atomic E-state index is -0.307. The summed E-state index contributed by atoms with van der Waals surface area (Å²) in [6, 6.07) is 4.46. The number of aryl methyl sites for hydroxylation is 2. The standard InChI is InChI=1S/C11H12FN3O/c1-8-3-4-9(12)5-10(8)16-6-11-13-7-14-15(11)2/h3-5,7H,6H2,1-2H3. The molecule has 0 saturated heterocycles. The molecule has 2 rings (SSSR count). The highest BCUT2D eigenvalue weighted by Gasteiger charge is 2.04. The second-order valence-electron chi connectivity index (χ2n) is 3.50. The zero-order valence-electron chi connectivity index (χ0n) is 9.14. The summed E-state index contributed by atoms with van der Waals surface area (Å²) in [6.07, 6.45) is 1.46. The Morgan fingerprint density at radius 1 is 1.44 bits per heavy atom. The van der Waals surface area contributed by atoms with Gasteiger partial charge in [-0.05, 0) is 18.6 Å². The lowest BCUT2D eigenvalue weighted by Gasteiger charge is -2.08. The lowest BCUT2D eigenvalue weighted by atomic mass is 10.2. The summed E-state index contributed by atoms with van der Waals surface area (Å²) in [5, 5.41) is 3.92. The highest BCUT2D eigenvalue weighted by atomic mass is 19.1. The SMILES string of the molecule is Cc1ccc(F)cc1OCc1ncnn1C. The average Bonchev–Trinajstić information content (AvgIpc) is 2.66. The molecule has 0 bridgehead atoms. The molecule has 16 heavy (non-hydrogen) atoms. The largest absolute Gasteiger partial charge is 0.485 e. The molecule has 0 atom stereocenters. The minimum Gasteiger partial charge on any atom is -0.485 e. The van der Waals surface area contributed by atoms with Crippen LogP contribution in [0, 0.1) is 12.7 Å².